The molecule has 0 unspecified atom stereocenters. The maximum atomic E-state index is 12.3. The fourth-order valence-corrected chi connectivity index (χ4v) is 8.40. The van der Waals surface area contributed by atoms with Gasteiger partial charge in [-0.3, -0.25) is 4.79 Å². The molecule has 0 aromatic carbocycles. The Balaban J connectivity index is 1.53. The molecule has 4 rings (SSSR count). The molecule has 0 radical (unpaired) electrons. The molecule has 0 saturated heterocycles. The number of hydrogen-bond acceptors (Lipinski definition) is 2. The largest absolute Gasteiger partial charge is 0.376 e. The normalized spacial score (nSPS) is 50.8. The van der Waals surface area contributed by atoms with Gasteiger partial charge in [0.05, 0.1) is 12.2 Å². The van der Waals surface area contributed by atoms with Crippen molar-refractivity contribution in [1.82, 2.24) is 0 Å². The topological polar surface area (TPSA) is 26.3 Å². The monoisotopic (exact) mass is 360 g/mol. The highest BCUT2D eigenvalue weighted by atomic mass is 16.5. The molecule has 0 aromatic rings. The standard InChI is InChI=1S/C24H40O2/c1-15(2)26-18-10-12-23(4)17(14-18)6-7-19-21-9-8-20(16(3)25)24(21,5)13-11-22(19)23/h15,17-22H,6-14H2,1-5H3/t17-,18-,19-,20+,21-,22-,23-,24+/m0/s1. The lowest BCUT2D eigenvalue weighted by Gasteiger charge is -2.61. The van der Waals surface area contributed by atoms with Crippen molar-refractivity contribution in [1.29, 1.82) is 0 Å². The number of carbonyl (C=O) groups is 1. The lowest BCUT2D eigenvalue weighted by Crippen LogP contribution is -2.54. The Kier molecular flexibility index (Phi) is 4.82. The highest BCUT2D eigenvalue weighted by molar-refractivity contribution is 5.79. The van der Waals surface area contributed by atoms with E-state index in [1.807, 2.05) is 6.92 Å². The van der Waals surface area contributed by atoms with Crippen molar-refractivity contribution >= 4 is 5.78 Å². The van der Waals surface area contributed by atoms with Crippen molar-refractivity contribution < 1.29 is 9.53 Å². The third-order valence-electron chi connectivity index (χ3n) is 9.57. The summed E-state index contributed by atoms with van der Waals surface area (Å²) in [6.07, 6.45) is 12.7. The molecule has 4 aliphatic rings. The van der Waals surface area contributed by atoms with Gasteiger partial charge in [0.1, 0.15) is 5.78 Å². The molecule has 2 heteroatoms. The molecule has 0 amide bonds. The van der Waals surface area contributed by atoms with Gasteiger partial charge < -0.3 is 4.74 Å². The Morgan fingerprint density at radius 3 is 2.31 bits per heavy atom. The second kappa shape index (κ2) is 6.61. The average Bonchev–Trinajstić information content (AvgIpc) is 2.92. The van der Waals surface area contributed by atoms with Crippen LogP contribution in [0.3, 0.4) is 0 Å². The van der Waals surface area contributed by atoms with E-state index in [0.29, 0.717) is 34.7 Å². The van der Waals surface area contributed by atoms with E-state index in [0.717, 1.165) is 30.1 Å². The van der Waals surface area contributed by atoms with Gasteiger partial charge in [-0.25, -0.2) is 0 Å². The zero-order valence-corrected chi connectivity index (χ0v) is 17.7. The van der Waals surface area contributed by atoms with Gasteiger partial charge in [-0.05, 0) is 113 Å². The maximum Gasteiger partial charge on any atom is 0.133 e. The molecule has 8 atom stereocenters. The van der Waals surface area contributed by atoms with E-state index in [-0.39, 0.29) is 0 Å². The molecule has 4 fully saturated rings. The fourth-order valence-electron chi connectivity index (χ4n) is 8.40. The second-order valence-electron chi connectivity index (χ2n) is 11.0. The number of ketones is 1. The molecule has 26 heavy (non-hydrogen) atoms. The van der Waals surface area contributed by atoms with E-state index in [4.69, 9.17) is 4.74 Å². The van der Waals surface area contributed by atoms with Gasteiger partial charge in [0, 0.05) is 5.92 Å². The van der Waals surface area contributed by atoms with Crippen LogP contribution in [0.5, 0.6) is 0 Å². The van der Waals surface area contributed by atoms with E-state index >= 15 is 0 Å². The SMILES string of the molecule is CC(=O)[C@H]1CC[C@H]2[C@@H]3CC[C@H]4C[C@@H](OC(C)C)CC[C@]4(C)[C@H]3CC[C@]12C. The summed E-state index contributed by atoms with van der Waals surface area (Å²) in [4.78, 5) is 12.3. The predicted octanol–water partition coefficient (Wildman–Crippen LogP) is 6.03. The molecular formula is C24H40O2. The first-order valence-electron chi connectivity index (χ1n) is 11.4. The van der Waals surface area contributed by atoms with Crippen LogP contribution in [0.25, 0.3) is 0 Å². The third-order valence-corrected chi connectivity index (χ3v) is 9.57. The average molecular weight is 361 g/mol. The second-order valence-corrected chi connectivity index (χ2v) is 11.0. The van der Waals surface area contributed by atoms with Gasteiger partial charge in [0.2, 0.25) is 0 Å². The van der Waals surface area contributed by atoms with Crippen LogP contribution in [0.15, 0.2) is 0 Å². The van der Waals surface area contributed by atoms with Gasteiger partial charge >= 0.3 is 0 Å². The summed E-state index contributed by atoms with van der Waals surface area (Å²) >= 11 is 0. The highest BCUT2D eigenvalue weighted by Gasteiger charge is 2.60. The Hall–Kier alpha value is -0.370. The molecule has 4 aliphatic carbocycles. The Morgan fingerprint density at radius 1 is 0.923 bits per heavy atom. The van der Waals surface area contributed by atoms with Crippen LogP contribution in [0.2, 0.25) is 0 Å². The van der Waals surface area contributed by atoms with Gasteiger partial charge in [-0.2, -0.15) is 0 Å². The van der Waals surface area contributed by atoms with Crippen LogP contribution >= 0.6 is 0 Å². The van der Waals surface area contributed by atoms with Crippen molar-refractivity contribution in [3.63, 3.8) is 0 Å². The van der Waals surface area contributed by atoms with Crippen LogP contribution in [0, 0.1) is 40.4 Å². The fraction of sp³-hybridized carbons (Fsp3) is 0.958. The van der Waals surface area contributed by atoms with Gasteiger partial charge in [0.15, 0.2) is 0 Å². The first-order valence-corrected chi connectivity index (χ1v) is 11.4. The summed E-state index contributed by atoms with van der Waals surface area (Å²) in [5.41, 5.74) is 0.823. The Morgan fingerprint density at radius 2 is 1.62 bits per heavy atom. The van der Waals surface area contributed by atoms with E-state index in [9.17, 15) is 4.79 Å². The summed E-state index contributed by atoms with van der Waals surface area (Å²) in [5.74, 6) is 4.23. The number of Topliss-reactive ketones (excluding diaryl/α,β-unsaturated/α-hetero) is 1. The minimum absolute atomic E-state index is 0.300. The molecule has 0 aliphatic heterocycles. The molecule has 0 bridgehead atoms. The number of hydrogen-bond donors (Lipinski definition) is 0. The molecule has 0 heterocycles. The molecule has 4 saturated carbocycles. The van der Waals surface area contributed by atoms with Gasteiger partial charge in [-0.1, -0.05) is 13.8 Å². The number of ether oxygens (including phenoxy) is 1. The third kappa shape index (κ3) is 2.81. The summed E-state index contributed by atoms with van der Waals surface area (Å²) in [6.45, 7) is 11.3. The minimum Gasteiger partial charge on any atom is -0.376 e. The molecule has 148 valence electrons. The van der Waals surface area contributed by atoms with E-state index in [1.165, 1.54) is 51.4 Å². The quantitative estimate of drug-likeness (QED) is 0.614. The van der Waals surface area contributed by atoms with Crippen molar-refractivity contribution in [3.8, 4) is 0 Å². The van der Waals surface area contributed by atoms with Crippen molar-refractivity contribution in [3.05, 3.63) is 0 Å². The summed E-state index contributed by atoms with van der Waals surface area (Å²) in [5, 5.41) is 0. The molecule has 2 nitrogen and oxygen atoms in total. The Labute approximate surface area is 160 Å². The smallest absolute Gasteiger partial charge is 0.133 e. The lowest BCUT2D eigenvalue weighted by atomic mass is 9.44. The Bertz CT molecular complexity index is 554. The maximum absolute atomic E-state index is 12.3. The molecule has 0 aromatic heterocycles. The number of carbonyl (C=O) groups excluding carboxylic acids is 1. The lowest BCUT2D eigenvalue weighted by molar-refractivity contribution is -0.145. The highest BCUT2D eigenvalue weighted by Crippen LogP contribution is 2.67. The summed E-state index contributed by atoms with van der Waals surface area (Å²) in [6, 6.07) is 0. The van der Waals surface area contributed by atoms with Crippen LogP contribution < -0.4 is 0 Å². The molecule has 0 N–H and O–H groups in total. The van der Waals surface area contributed by atoms with E-state index in [2.05, 4.69) is 27.7 Å². The zero-order chi connectivity index (χ0) is 18.7. The van der Waals surface area contributed by atoms with Crippen molar-refractivity contribution in [2.75, 3.05) is 0 Å². The van der Waals surface area contributed by atoms with Crippen LogP contribution in [0.1, 0.15) is 92.4 Å². The summed E-state index contributed by atoms with van der Waals surface area (Å²) in [7, 11) is 0. The molecular weight excluding hydrogens is 320 g/mol. The predicted molar refractivity (Wildman–Crippen MR) is 106 cm³/mol. The van der Waals surface area contributed by atoms with Crippen molar-refractivity contribution in [2.45, 2.75) is 105 Å². The van der Waals surface area contributed by atoms with Gasteiger partial charge in [-0.15, -0.1) is 0 Å². The van der Waals surface area contributed by atoms with Crippen LogP contribution in [0.4, 0.5) is 0 Å². The molecule has 0 spiro atoms. The minimum atomic E-state index is 0.300. The first-order chi connectivity index (χ1) is 12.3. The van der Waals surface area contributed by atoms with E-state index in [1.54, 1.807) is 0 Å². The number of fused-ring (bicyclic) bond motifs is 5. The first kappa shape index (κ1) is 19.0. The van der Waals surface area contributed by atoms with Crippen LogP contribution in [-0.2, 0) is 9.53 Å². The zero-order valence-electron chi connectivity index (χ0n) is 17.7. The van der Waals surface area contributed by atoms with Crippen LogP contribution in [-0.4, -0.2) is 18.0 Å². The van der Waals surface area contributed by atoms with Crippen molar-refractivity contribution in [2.24, 2.45) is 40.4 Å². The van der Waals surface area contributed by atoms with Gasteiger partial charge in [0.25, 0.3) is 0 Å². The van der Waals surface area contributed by atoms with E-state index < -0.39 is 0 Å². The number of rotatable bonds is 3. The summed E-state index contributed by atoms with van der Waals surface area (Å²) < 4.78 is 6.21.